The van der Waals surface area contributed by atoms with Gasteiger partial charge in [0.25, 0.3) is 0 Å². The number of hydrogen-bond donors (Lipinski definition) is 1. The highest BCUT2D eigenvalue weighted by atomic mass is 32.1. The van der Waals surface area contributed by atoms with Gasteiger partial charge in [-0.1, -0.05) is 11.3 Å². The van der Waals surface area contributed by atoms with Gasteiger partial charge in [-0.3, -0.25) is 0 Å². The van der Waals surface area contributed by atoms with Gasteiger partial charge >= 0.3 is 0 Å². The van der Waals surface area contributed by atoms with Crippen LogP contribution in [0.5, 0.6) is 0 Å². The molecule has 0 radical (unpaired) electrons. The second-order valence-electron chi connectivity index (χ2n) is 2.67. The van der Waals surface area contributed by atoms with E-state index in [0.29, 0.717) is 0 Å². The first-order valence-electron chi connectivity index (χ1n) is 3.82. The summed E-state index contributed by atoms with van der Waals surface area (Å²) >= 11 is 0.896. The molecule has 1 aromatic heterocycles. The lowest BCUT2D eigenvalue weighted by atomic mass is 10.2. The van der Waals surface area contributed by atoms with Crippen LogP contribution in [-0.4, -0.2) is 10.2 Å². The molecule has 0 atom stereocenters. The van der Waals surface area contributed by atoms with Gasteiger partial charge < -0.3 is 5.73 Å². The predicted molar refractivity (Wildman–Crippen MR) is 49.6 cm³/mol. The Morgan fingerprint density at radius 1 is 1.07 bits per heavy atom. The Morgan fingerprint density at radius 3 is 2.40 bits per heavy atom. The maximum Gasteiger partial charge on any atom is 0.203 e. The quantitative estimate of drug-likeness (QED) is 0.765. The number of nitrogen functional groups attached to an aromatic ring is 1. The molecule has 0 saturated heterocycles. The Hall–Kier alpha value is -1.63. The summed E-state index contributed by atoms with van der Waals surface area (Å²) in [5.74, 6) is -4.05. The van der Waals surface area contributed by atoms with Crippen molar-refractivity contribution in [3.63, 3.8) is 0 Å². The molecule has 0 unspecified atom stereocenters. The van der Waals surface area contributed by atoms with E-state index in [4.69, 9.17) is 5.73 Å². The molecule has 7 heteroatoms. The van der Waals surface area contributed by atoms with Gasteiger partial charge in [-0.05, 0) is 12.1 Å². The van der Waals surface area contributed by atoms with Crippen LogP contribution in [0.2, 0.25) is 0 Å². The van der Waals surface area contributed by atoms with Crippen LogP contribution in [0.25, 0.3) is 10.6 Å². The van der Waals surface area contributed by atoms with Crippen LogP contribution < -0.4 is 5.73 Å². The zero-order valence-electron chi connectivity index (χ0n) is 7.17. The van der Waals surface area contributed by atoms with Crippen molar-refractivity contribution < 1.29 is 13.2 Å². The standard InChI is InChI=1S/C8H4F3N3S/c9-4-2-1-3(5(10)6(4)11)7-13-14-8(12)15-7/h1-2H,(H2,12,14). The summed E-state index contributed by atoms with van der Waals surface area (Å²) in [5, 5.41) is 7.23. The Labute approximate surface area is 86.4 Å². The second-order valence-corrected chi connectivity index (χ2v) is 3.68. The van der Waals surface area contributed by atoms with Crippen molar-refractivity contribution in [3.05, 3.63) is 29.6 Å². The van der Waals surface area contributed by atoms with E-state index in [1.165, 1.54) is 0 Å². The highest BCUT2D eigenvalue weighted by molar-refractivity contribution is 7.18. The van der Waals surface area contributed by atoms with Crippen LogP contribution in [0.3, 0.4) is 0 Å². The molecule has 78 valence electrons. The lowest BCUT2D eigenvalue weighted by Crippen LogP contribution is -1.93. The highest BCUT2D eigenvalue weighted by Gasteiger charge is 2.17. The van der Waals surface area contributed by atoms with Crippen LogP contribution in [0.15, 0.2) is 12.1 Å². The predicted octanol–water partition coefficient (Wildman–Crippen LogP) is 2.20. The number of aromatic nitrogens is 2. The molecule has 0 saturated carbocycles. The minimum absolute atomic E-state index is 0.115. The number of nitrogens with zero attached hydrogens (tertiary/aromatic N) is 2. The van der Waals surface area contributed by atoms with Crippen LogP contribution >= 0.6 is 11.3 Å². The van der Waals surface area contributed by atoms with Gasteiger partial charge in [0.1, 0.15) is 0 Å². The number of benzene rings is 1. The molecule has 0 aliphatic heterocycles. The zero-order valence-corrected chi connectivity index (χ0v) is 7.99. The molecule has 0 spiro atoms. The van der Waals surface area contributed by atoms with E-state index >= 15 is 0 Å². The number of nitrogens with two attached hydrogens (primary N) is 1. The molecule has 3 nitrogen and oxygen atoms in total. The fourth-order valence-corrected chi connectivity index (χ4v) is 1.66. The van der Waals surface area contributed by atoms with E-state index in [1.807, 2.05) is 0 Å². The lowest BCUT2D eigenvalue weighted by molar-refractivity contribution is 0.449. The van der Waals surface area contributed by atoms with Crippen molar-refractivity contribution in [3.8, 4) is 10.6 Å². The summed E-state index contributed by atoms with van der Waals surface area (Å²) in [6.45, 7) is 0. The molecule has 15 heavy (non-hydrogen) atoms. The summed E-state index contributed by atoms with van der Waals surface area (Å²) in [7, 11) is 0. The fraction of sp³-hybridized carbons (Fsp3) is 0. The largest absolute Gasteiger partial charge is 0.374 e. The highest BCUT2D eigenvalue weighted by Crippen LogP contribution is 2.28. The van der Waals surface area contributed by atoms with Crippen LogP contribution in [0, 0.1) is 17.5 Å². The van der Waals surface area contributed by atoms with Crippen LogP contribution in [-0.2, 0) is 0 Å². The molecular formula is C8H4F3N3S. The first-order chi connectivity index (χ1) is 7.09. The van der Waals surface area contributed by atoms with Gasteiger partial charge in [0.05, 0.1) is 5.56 Å². The maximum absolute atomic E-state index is 13.2. The lowest BCUT2D eigenvalue weighted by Gasteiger charge is -1.99. The number of hydrogen-bond acceptors (Lipinski definition) is 4. The Bertz CT molecular complexity index is 512. The van der Waals surface area contributed by atoms with E-state index in [2.05, 4.69) is 10.2 Å². The summed E-state index contributed by atoms with van der Waals surface area (Å²) in [4.78, 5) is 0. The number of halogens is 3. The van der Waals surface area contributed by atoms with Crippen molar-refractivity contribution >= 4 is 16.5 Å². The molecule has 1 heterocycles. The fourth-order valence-electron chi connectivity index (χ4n) is 1.03. The van der Waals surface area contributed by atoms with E-state index in [0.717, 1.165) is 23.5 Å². The van der Waals surface area contributed by atoms with Crippen LogP contribution in [0.1, 0.15) is 0 Å². The molecule has 0 bridgehead atoms. The van der Waals surface area contributed by atoms with Gasteiger partial charge in [-0.15, -0.1) is 10.2 Å². The van der Waals surface area contributed by atoms with Crippen molar-refractivity contribution in [2.45, 2.75) is 0 Å². The monoisotopic (exact) mass is 231 g/mol. The minimum atomic E-state index is -1.53. The van der Waals surface area contributed by atoms with E-state index in [1.54, 1.807) is 0 Å². The molecule has 2 N–H and O–H groups in total. The normalized spacial score (nSPS) is 10.6. The van der Waals surface area contributed by atoms with Crippen molar-refractivity contribution in [2.75, 3.05) is 5.73 Å². The second kappa shape index (κ2) is 3.50. The van der Waals surface area contributed by atoms with Crippen molar-refractivity contribution in [2.24, 2.45) is 0 Å². The molecule has 2 rings (SSSR count). The number of anilines is 1. The third kappa shape index (κ3) is 1.65. The average molecular weight is 231 g/mol. The topological polar surface area (TPSA) is 51.8 Å². The molecule has 0 aliphatic rings. The summed E-state index contributed by atoms with van der Waals surface area (Å²) < 4.78 is 38.7. The van der Waals surface area contributed by atoms with Gasteiger partial charge in [0, 0.05) is 0 Å². The van der Waals surface area contributed by atoms with E-state index in [9.17, 15) is 13.2 Å². The van der Waals surface area contributed by atoms with Gasteiger partial charge in [0.15, 0.2) is 22.5 Å². The summed E-state index contributed by atoms with van der Waals surface area (Å²) in [6.07, 6.45) is 0. The molecule has 0 fully saturated rings. The van der Waals surface area contributed by atoms with Crippen molar-refractivity contribution in [1.29, 1.82) is 0 Å². The SMILES string of the molecule is Nc1nnc(-c2ccc(F)c(F)c2F)s1. The Morgan fingerprint density at radius 2 is 1.80 bits per heavy atom. The molecule has 1 aromatic carbocycles. The molecule has 0 aliphatic carbocycles. The smallest absolute Gasteiger partial charge is 0.203 e. The maximum atomic E-state index is 13.2. The molecular weight excluding hydrogens is 227 g/mol. The Balaban J connectivity index is 2.59. The summed E-state index contributed by atoms with van der Waals surface area (Å²) in [6, 6.07) is 1.92. The van der Waals surface area contributed by atoms with Gasteiger partial charge in [0.2, 0.25) is 5.13 Å². The Kier molecular flexibility index (Phi) is 2.31. The van der Waals surface area contributed by atoms with Crippen molar-refractivity contribution in [1.82, 2.24) is 10.2 Å². The molecule has 2 aromatic rings. The first-order valence-corrected chi connectivity index (χ1v) is 4.64. The van der Waals surface area contributed by atoms with Crippen LogP contribution in [0.4, 0.5) is 18.3 Å². The third-order valence-corrected chi connectivity index (χ3v) is 2.49. The third-order valence-electron chi connectivity index (χ3n) is 1.71. The first kappa shape index (κ1) is 9.91. The van der Waals surface area contributed by atoms with E-state index < -0.39 is 17.5 Å². The summed E-state index contributed by atoms with van der Waals surface area (Å²) in [5.41, 5.74) is 5.14. The molecule has 0 amide bonds. The van der Waals surface area contributed by atoms with E-state index in [-0.39, 0.29) is 15.7 Å². The number of rotatable bonds is 1. The van der Waals surface area contributed by atoms with Gasteiger partial charge in [-0.2, -0.15) is 0 Å². The zero-order chi connectivity index (χ0) is 11.0. The van der Waals surface area contributed by atoms with Gasteiger partial charge in [-0.25, -0.2) is 13.2 Å². The minimum Gasteiger partial charge on any atom is -0.374 e. The average Bonchev–Trinajstić information content (AvgIpc) is 2.61.